The Kier molecular flexibility index (Phi) is 3.63. The molecule has 16 heavy (non-hydrogen) atoms. The van der Waals surface area contributed by atoms with E-state index in [-0.39, 0.29) is 0 Å². The summed E-state index contributed by atoms with van der Waals surface area (Å²) in [6.07, 6.45) is 2.44. The molecule has 86 valence electrons. The van der Waals surface area contributed by atoms with Crippen LogP contribution in [0.2, 0.25) is 0 Å². The van der Waals surface area contributed by atoms with Gasteiger partial charge in [-0.2, -0.15) is 5.10 Å². The normalized spacial score (nSPS) is 12.9. The molecule has 2 heterocycles. The van der Waals surface area contributed by atoms with E-state index in [1.54, 1.807) is 11.3 Å². The second kappa shape index (κ2) is 5.18. The second-order valence-corrected chi connectivity index (χ2v) is 4.50. The minimum atomic E-state index is 0.453. The smallest absolute Gasteiger partial charge is 0.184 e. The summed E-state index contributed by atoms with van der Waals surface area (Å²) in [5.41, 5.74) is 1.10. The number of aromatic amines is 1. The minimum Gasteiger partial charge on any atom is -0.314 e. The van der Waals surface area contributed by atoms with Gasteiger partial charge in [0.05, 0.1) is 5.69 Å². The van der Waals surface area contributed by atoms with Crippen LogP contribution in [0.25, 0.3) is 10.8 Å². The molecule has 6 heteroatoms. The van der Waals surface area contributed by atoms with Crippen LogP contribution in [0.4, 0.5) is 0 Å². The lowest BCUT2D eigenvalue weighted by atomic mass is 10.2. The number of hydrogen-bond donors (Lipinski definition) is 2. The predicted octanol–water partition coefficient (Wildman–Crippen LogP) is 1.47. The number of likely N-dealkylation sites (N-methyl/N-ethyl adjacent to an activating group) is 1. The highest BCUT2D eigenvalue weighted by Crippen LogP contribution is 2.19. The first-order valence-corrected chi connectivity index (χ1v) is 6.21. The number of thiazole rings is 1. The van der Waals surface area contributed by atoms with Gasteiger partial charge >= 0.3 is 0 Å². The maximum atomic E-state index is 4.52. The van der Waals surface area contributed by atoms with Gasteiger partial charge < -0.3 is 5.32 Å². The van der Waals surface area contributed by atoms with Gasteiger partial charge in [0.25, 0.3) is 0 Å². The second-order valence-electron chi connectivity index (χ2n) is 3.64. The lowest BCUT2D eigenvalue weighted by Crippen LogP contribution is -2.27. The molecule has 2 N–H and O–H groups in total. The molecule has 0 aliphatic carbocycles. The predicted molar refractivity (Wildman–Crippen MR) is 64.3 cm³/mol. The molecule has 0 fully saturated rings. The average molecular weight is 237 g/mol. The van der Waals surface area contributed by atoms with E-state index in [9.17, 15) is 0 Å². The fourth-order valence-electron chi connectivity index (χ4n) is 1.55. The van der Waals surface area contributed by atoms with Gasteiger partial charge in [-0.1, -0.05) is 6.92 Å². The molecular weight excluding hydrogens is 222 g/mol. The minimum absolute atomic E-state index is 0.453. The van der Waals surface area contributed by atoms with Crippen molar-refractivity contribution in [2.75, 3.05) is 6.54 Å². The SMILES string of the molecule is CCNC(C)Cc1csc(-c2ncn[nH]2)n1. The maximum Gasteiger partial charge on any atom is 0.184 e. The summed E-state index contributed by atoms with van der Waals surface area (Å²) in [7, 11) is 0. The molecule has 0 bridgehead atoms. The quantitative estimate of drug-likeness (QED) is 0.826. The number of hydrogen-bond acceptors (Lipinski definition) is 5. The Balaban J connectivity index is 2.03. The van der Waals surface area contributed by atoms with Crippen LogP contribution in [0.1, 0.15) is 19.5 Å². The van der Waals surface area contributed by atoms with Gasteiger partial charge in [-0.3, -0.25) is 5.10 Å². The Morgan fingerprint density at radius 1 is 1.56 bits per heavy atom. The number of rotatable bonds is 5. The van der Waals surface area contributed by atoms with Crippen molar-refractivity contribution in [3.05, 3.63) is 17.4 Å². The van der Waals surface area contributed by atoms with Crippen molar-refractivity contribution in [3.8, 4) is 10.8 Å². The molecule has 5 nitrogen and oxygen atoms in total. The molecule has 0 saturated heterocycles. The van der Waals surface area contributed by atoms with Crippen molar-refractivity contribution in [3.63, 3.8) is 0 Å². The van der Waals surface area contributed by atoms with E-state index in [1.807, 2.05) is 0 Å². The van der Waals surface area contributed by atoms with Gasteiger partial charge in [-0.15, -0.1) is 11.3 Å². The first kappa shape index (κ1) is 11.2. The van der Waals surface area contributed by atoms with Crippen LogP contribution in [-0.4, -0.2) is 32.8 Å². The third kappa shape index (κ3) is 2.65. The Bertz CT molecular complexity index is 422. The summed E-state index contributed by atoms with van der Waals surface area (Å²) in [5, 5.41) is 13.0. The van der Waals surface area contributed by atoms with Gasteiger partial charge in [-0.05, 0) is 13.5 Å². The van der Waals surface area contributed by atoms with Gasteiger partial charge in [0.15, 0.2) is 10.8 Å². The molecule has 1 unspecified atom stereocenters. The van der Waals surface area contributed by atoms with Crippen molar-refractivity contribution in [2.24, 2.45) is 0 Å². The fraction of sp³-hybridized carbons (Fsp3) is 0.500. The van der Waals surface area contributed by atoms with Gasteiger partial charge in [0.1, 0.15) is 6.33 Å². The molecule has 0 spiro atoms. The molecule has 0 amide bonds. The Hall–Kier alpha value is -1.27. The van der Waals surface area contributed by atoms with Crippen molar-refractivity contribution in [2.45, 2.75) is 26.3 Å². The highest BCUT2D eigenvalue weighted by atomic mass is 32.1. The number of nitrogens with one attached hydrogen (secondary N) is 2. The van der Waals surface area contributed by atoms with Crippen molar-refractivity contribution >= 4 is 11.3 Å². The summed E-state index contributed by atoms with van der Waals surface area (Å²) in [6, 6.07) is 0.453. The van der Waals surface area contributed by atoms with Crippen LogP contribution in [0.5, 0.6) is 0 Å². The highest BCUT2D eigenvalue weighted by molar-refractivity contribution is 7.13. The molecule has 2 rings (SSSR count). The Labute approximate surface area is 98.3 Å². The molecule has 1 atom stereocenters. The van der Waals surface area contributed by atoms with E-state index in [0.717, 1.165) is 29.5 Å². The van der Waals surface area contributed by atoms with Crippen LogP contribution >= 0.6 is 11.3 Å². The summed E-state index contributed by atoms with van der Waals surface area (Å²) < 4.78 is 0. The van der Waals surface area contributed by atoms with Crippen LogP contribution < -0.4 is 5.32 Å². The molecule has 0 aliphatic rings. The third-order valence-corrected chi connectivity index (χ3v) is 3.14. The van der Waals surface area contributed by atoms with E-state index in [2.05, 4.69) is 44.7 Å². The number of aromatic nitrogens is 4. The molecule has 0 aromatic carbocycles. The lowest BCUT2D eigenvalue weighted by molar-refractivity contribution is 0.561. The first-order valence-electron chi connectivity index (χ1n) is 5.33. The zero-order chi connectivity index (χ0) is 11.4. The fourth-order valence-corrected chi connectivity index (χ4v) is 2.33. The summed E-state index contributed by atoms with van der Waals surface area (Å²) in [6.45, 7) is 5.26. The van der Waals surface area contributed by atoms with E-state index in [4.69, 9.17) is 0 Å². The summed E-state index contributed by atoms with van der Waals surface area (Å²) in [5.74, 6) is 0.743. The monoisotopic (exact) mass is 237 g/mol. The number of nitrogens with zero attached hydrogens (tertiary/aromatic N) is 3. The summed E-state index contributed by atoms with van der Waals surface area (Å²) >= 11 is 1.59. The average Bonchev–Trinajstić information content (AvgIpc) is 2.86. The van der Waals surface area contributed by atoms with Gasteiger partial charge in [0.2, 0.25) is 0 Å². The Morgan fingerprint density at radius 3 is 3.12 bits per heavy atom. The number of H-pyrrole nitrogens is 1. The molecule has 0 saturated carbocycles. The van der Waals surface area contributed by atoms with Crippen molar-refractivity contribution in [1.82, 2.24) is 25.5 Å². The zero-order valence-electron chi connectivity index (χ0n) is 9.40. The molecular formula is C10H15N5S. The molecule has 0 aliphatic heterocycles. The van der Waals surface area contributed by atoms with E-state index < -0.39 is 0 Å². The molecule has 0 radical (unpaired) electrons. The van der Waals surface area contributed by atoms with Crippen LogP contribution in [0, 0.1) is 0 Å². The highest BCUT2D eigenvalue weighted by Gasteiger charge is 2.09. The standard InChI is InChI=1S/C10H15N5S/c1-3-11-7(2)4-8-5-16-10(14-8)9-12-6-13-15-9/h5-7,11H,3-4H2,1-2H3,(H,12,13,15). The van der Waals surface area contributed by atoms with Crippen molar-refractivity contribution < 1.29 is 0 Å². The van der Waals surface area contributed by atoms with Gasteiger partial charge in [-0.25, -0.2) is 9.97 Å². The molecule has 2 aromatic rings. The summed E-state index contributed by atoms with van der Waals surface area (Å²) in [4.78, 5) is 8.60. The van der Waals surface area contributed by atoms with Crippen LogP contribution in [0.15, 0.2) is 11.7 Å². The maximum absolute atomic E-state index is 4.52. The van der Waals surface area contributed by atoms with E-state index in [1.165, 1.54) is 6.33 Å². The third-order valence-electron chi connectivity index (χ3n) is 2.24. The van der Waals surface area contributed by atoms with Crippen LogP contribution in [-0.2, 0) is 6.42 Å². The van der Waals surface area contributed by atoms with E-state index in [0.29, 0.717) is 6.04 Å². The zero-order valence-corrected chi connectivity index (χ0v) is 10.2. The van der Waals surface area contributed by atoms with E-state index >= 15 is 0 Å². The topological polar surface area (TPSA) is 66.5 Å². The van der Waals surface area contributed by atoms with Gasteiger partial charge in [0, 0.05) is 17.8 Å². The van der Waals surface area contributed by atoms with Crippen LogP contribution in [0.3, 0.4) is 0 Å². The lowest BCUT2D eigenvalue weighted by Gasteiger charge is -2.09. The van der Waals surface area contributed by atoms with Crippen molar-refractivity contribution in [1.29, 1.82) is 0 Å². The Morgan fingerprint density at radius 2 is 2.44 bits per heavy atom. The molecule has 2 aromatic heterocycles. The first-order chi connectivity index (χ1) is 7.79. The largest absolute Gasteiger partial charge is 0.314 e.